The molecule has 1 heterocycles. The molecule has 0 aromatic carbocycles. The van der Waals surface area contributed by atoms with Crippen molar-refractivity contribution in [2.75, 3.05) is 13.1 Å². The molecule has 1 aromatic rings. The Labute approximate surface area is 109 Å². The molecule has 2 N–H and O–H groups in total. The summed E-state index contributed by atoms with van der Waals surface area (Å²) in [5.41, 5.74) is 2.37. The summed E-state index contributed by atoms with van der Waals surface area (Å²) in [5, 5.41) is 10.6. The summed E-state index contributed by atoms with van der Waals surface area (Å²) in [6, 6.07) is 0. The van der Waals surface area contributed by atoms with Gasteiger partial charge in [-0.25, -0.2) is 0 Å². The molecule has 18 heavy (non-hydrogen) atoms. The van der Waals surface area contributed by atoms with Crippen molar-refractivity contribution in [1.29, 1.82) is 0 Å². The van der Waals surface area contributed by atoms with Gasteiger partial charge in [0.15, 0.2) is 0 Å². The Hall–Kier alpha value is -1.36. The minimum Gasteiger partial charge on any atom is -0.355 e. The zero-order valence-electron chi connectivity index (χ0n) is 11.8. The highest BCUT2D eigenvalue weighted by Gasteiger charge is 2.06. The number of amides is 1. The van der Waals surface area contributed by atoms with Crippen LogP contribution in [0.3, 0.4) is 0 Å². The van der Waals surface area contributed by atoms with Crippen LogP contribution in [0.15, 0.2) is 6.20 Å². The Balaban J connectivity index is 2.23. The number of carbonyl (C=O) groups is 1. The summed E-state index contributed by atoms with van der Waals surface area (Å²) in [6.45, 7) is 8.14. The molecule has 0 spiro atoms. The van der Waals surface area contributed by atoms with Gasteiger partial charge in [0.1, 0.15) is 0 Å². The molecule has 0 saturated carbocycles. The number of carbonyl (C=O) groups excluding carboxylic acids is 1. The van der Waals surface area contributed by atoms with Crippen molar-refractivity contribution in [1.82, 2.24) is 20.4 Å². The van der Waals surface area contributed by atoms with E-state index in [2.05, 4.69) is 22.7 Å². The highest BCUT2D eigenvalue weighted by atomic mass is 16.1. The SMILES string of the molecule is CCc1nn(C)cc1CNCCNC(=O)C(C)C. The predicted molar refractivity (Wildman–Crippen MR) is 72.1 cm³/mol. The van der Waals surface area contributed by atoms with Gasteiger partial charge in [0.2, 0.25) is 5.91 Å². The average Bonchev–Trinajstić information content (AvgIpc) is 2.68. The third kappa shape index (κ3) is 4.49. The first-order chi connectivity index (χ1) is 8.54. The van der Waals surface area contributed by atoms with Crippen molar-refractivity contribution >= 4 is 5.91 Å². The van der Waals surface area contributed by atoms with Gasteiger partial charge in [0, 0.05) is 44.4 Å². The summed E-state index contributed by atoms with van der Waals surface area (Å²) in [7, 11) is 1.94. The highest BCUT2D eigenvalue weighted by molar-refractivity contribution is 5.77. The molecule has 5 heteroatoms. The summed E-state index contributed by atoms with van der Waals surface area (Å²) < 4.78 is 1.84. The molecule has 0 fully saturated rings. The lowest BCUT2D eigenvalue weighted by atomic mass is 10.2. The molecule has 0 aliphatic carbocycles. The van der Waals surface area contributed by atoms with Crippen molar-refractivity contribution in [3.63, 3.8) is 0 Å². The minimum atomic E-state index is 0.0509. The van der Waals surface area contributed by atoms with Gasteiger partial charge in [-0.3, -0.25) is 9.48 Å². The maximum Gasteiger partial charge on any atom is 0.222 e. The minimum absolute atomic E-state index is 0.0509. The van der Waals surface area contributed by atoms with Gasteiger partial charge in [-0.2, -0.15) is 5.10 Å². The molecule has 1 amide bonds. The molecular weight excluding hydrogens is 228 g/mol. The van der Waals surface area contributed by atoms with Crippen molar-refractivity contribution < 1.29 is 4.79 Å². The molecule has 1 rings (SSSR count). The van der Waals surface area contributed by atoms with E-state index in [1.165, 1.54) is 5.56 Å². The van der Waals surface area contributed by atoms with Gasteiger partial charge < -0.3 is 10.6 Å². The van der Waals surface area contributed by atoms with E-state index in [9.17, 15) is 4.79 Å². The number of nitrogens with one attached hydrogen (secondary N) is 2. The molecular formula is C13H24N4O. The van der Waals surface area contributed by atoms with Crippen LogP contribution in [-0.4, -0.2) is 28.8 Å². The lowest BCUT2D eigenvalue weighted by Crippen LogP contribution is -2.34. The fourth-order valence-corrected chi connectivity index (χ4v) is 1.73. The maximum absolute atomic E-state index is 11.3. The van der Waals surface area contributed by atoms with E-state index in [0.29, 0.717) is 6.54 Å². The summed E-state index contributed by atoms with van der Waals surface area (Å²) in [4.78, 5) is 11.3. The quantitative estimate of drug-likeness (QED) is 0.707. The number of aromatic nitrogens is 2. The number of rotatable bonds is 7. The monoisotopic (exact) mass is 252 g/mol. The van der Waals surface area contributed by atoms with Crippen molar-refractivity contribution in [2.45, 2.75) is 33.7 Å². The second-order valence-electron chi connectivity index (χ2n) is 4.75. The fraction of sp³-hybridized carbons (Fsp3) is 0.692. The maximum atomic E-state index is 11.3. The van der Waals surface area contributed by atoms with Crippen LogP contribution < -0.4 is 10.6 Å². The second kappa shape index (κ2) is 7.16. The molecule has 0 saturated heterocycles. The summed E-state index contributed by atoms with van der Waals surface area (Å²) in [5.74, 6) is 0.155. The first-order valence-corrected chi connectivity index (χ1v) is 6.54. The van der Waals surface area contributed by atoms with Crippen LogP contribution in [0.1, 0.15) is 32.0 Å². The van der Waals surface area contributed by atoms with Crippen molar-refractivity contribution in [2.24, 2.45) is 13.0 Å². The zero-order chi connectivity index (χ0) is 13.5. The summed E-state index contributed by atoms with van der Waals surface area (Å²) >= 11 is 0. The topological polar surface area (TPSA) is 59.0 Å². The zero-order valence-corrected chi connectivity index (χ0v) is 11.8. The first-order valence-electron chi connectivity index (χ1n) is 6.54. The van der Waals surface area contributed by atoms with E-state index in [1.54, 1.807) is 0 Å². The molecule has 0 radical (unpaired) electrons. The van der Waals surface area contributed by atoms with Crippen LogP contribution in [0, 0.1) is 5.92 Å². The van der Waals surface area contributed by atoms with Gasteiger partial charge in [-0.05, 0) is 6.42 Å². The van der Waals surface area contributed by atoms with Crippen LogP contribution >= 0.6 is 0 Å². The Morgan fingerprint density at radius 2 is 2.17 bits per heavy atom. The van der Waals surface area contributed by atoms with E-state index in [0.717, 1.165) is 25.2 Å². The third-order valence-electron chi connectivity index (χ3n) is 2.77. The highest BCUT2D eigenvalue weighted by Crippen LogP contribution is 2.06. The van der Waals surface area contributed by atoms with Crippen LogP contribution in [0.2, 0.25) is 0 Å². The Bertz CT molecular complexity index is 384. The molecule has 5 nitrogen and oxygen atoms in total. The van der Waals surface area contributed by atoms with E-state index in [4.69, 9.17) is 0 Å². The lowest BCUT2D eigenvalue weighted by molar-refractivity contribution is -0.123. The molecule has 0 aliphatic rings. The number of hydrogen-bond donors (Lipinski definition) is 2. The van der Waals surface area contributed by atoms with Crippen molar-refractivity contribution in [3.05, 3.63) is 17.5 Å². The standard InChI is InChI=1S/C13H24N4O/c1-5-12-11(9-17(4)16-12)8-14-6-7-15-13(18)10(2)3/h9-10,14H,5-8H2,1-4H3,(H,15,18). The van der Waals surface area contributed by atoms with Gasteiger partial charge in [0.25, 0.3) is 0 Å². The lowest BCUT2D eigenvalue weighted by Gasteiger charge is -2.08. The van der Waals surface area contributed by atoms with E-state index >= 15 is 0 Å². The van der Waals surface area contributed by atoms with Gasteiger partial charge in [-0.1, -0.05) is 20.8 Å². The normalized spacial score (nSPS) is 10.9. The van der Waals surface area contributed by atoms with Crippen molar-refractivity contribution in [3.8, 4) is 0 Å². The van der Waals surface area contributed by atoms with Crippen LogP contribution in [0.5, 0.6) is 0 Å². The number of hydrogen-bond acceptors (Lipinski definition) is 3. The van der Waals surface area contributed by atoms with Gasteiger partial charge in [0.05, 0.1) is 5.69 Å². The average molecular weight is 252 g/mol. The second-order valence-corrected chi connectivity index (χ2v) is 4.75. The molecule has 0 atom stereocenters. The Kier molecular flexibility index (Phi) is 5.85. The van der Waals surface area contributed by atoms with Gasteiger partial charge in [-0.15, -0.1) is 0 Å². The van der Waals surface area contributed by atoms with E-state index in [1.807, 2.05) is 31.8 Å². The molecule has 1 aromatic heterocycles. The van der Waals surface area contributed by atoms with Crippen LogP contribution in [0.25, 0.3) is 0 Å². The van der Waals surface area contributed by atoms with Gasteiger partial charge >= 0.3 is 0 Å². The first kappa shape index (κ1) is 14.7. The predicted octanol–water partition coefficient (Wildman–Crippen LogP) is 0.844. The van der Waals surface area contributed by atoms with Crippen LogP contribution in [0.4, 0.5) is 0 Å². The Morgan fingerprint density at radius 3 is 2.78 bits per heavy atom. The summed E-state index contributed by atoms with van der Waals surface area (Å²) in [6.07, 6.45) is 2.99. The smallest absolute Gasteiger partial charge is 0.222 e. The fourth-order valence-electron chi connectivity index (χ4n) is 1.73. The molecule has 102 valence electrons. The Morgan fingerprint density at radius 1 is 1.44 bits per heavy atom. The van der Waals surface area contributed by atoms with E-state index < -0.39 is 0 Å². The molecule has 0 aliphatic heterocycles. The largest absolute Gasteiger partial charge is 0.355 e. The molecule has 0 bridgehead atoms. The van der Waals surface area contributed by atoms with E-state index in [-0.39, 0.29) is 11.8 Å². The number of aryl methyl sites for hydroxylation is 2. The third-order valence-corrected chi connectivity index (χ3v) is 2.77. The molecule has 0 unspecified atom stereocenters. The number of nitrogens with zero attached hydrogens (tertiary/aromatic N) is 2. The van der Waals surface area contributed by atoms with Crippen LogP contribution in [-0.2, 0) is 24.8 Å².